The number of imidazole rings is 1. The summed E-state index contributed by atoms with van der Waals surface area (Å²) in [5, 5.41) is 4.33. The van der Waals surface area contributed by atoms with Gasteiger partial charge >= 0.3 is 0 Å². The highest BCUT2D eigenvalue weighted by Crippen LogP contribution is 2.25. The van der Waals surface area contributed by atoms with E-state index in [2.05, 4.69) is 32.4 Å². The normalized spacial score (nSPS) is 18.9. The fraction of sp³-hybridized carbons (Fsp3) is 0.304. The summed E-state index contributed by atoms with van der Waals surface area (Å²) in [4.78, 5) is 26.4. The molecule has 0 spiro atoms. The Hall–Kier alpha value is -3.32. The van der Waals surface area contributed by atoms with Crippen LogP contribution in [0.3, 0.4) is 0 Å². The Morgan fingerprint density at radius 1 is 1.17 bits per heavy atom. The number of hydrogen-bond acceptors (Lipinski definition) is 5. The summed E-state index contributed by atoms with van der Waals surface area (Å²) in [5.74, 6) is 0.882. The van der Waals surface area contributed by atoms with Gasteiger partial charge in [0.2, 0.25) is 0 Å². The van der Waals surface area contributed by atoms with Gasteiger partial charge in [0.05, 0.1) is 30.3 Å². The Morgan fingerprint density at radius 3 is 2.90 bits per heavy atom. The quantitative estimate of drug-likeness (QED) is 0.569. The van der Waals surface area contributed by atoms with Crippen LogP contribution in [0.5, 0.6) is 0 Å². The molecule has 4 aromatic rings. The standard InChI is InChI=1S/C23H23N5O2/c1-14-26-21-18(8-10-25-22(21)28(14)2)23(29)27-20-13-30-12-16(20)11-15-7-9-24-19-6-4-3-5-17(15)19/h3-10,16,20H,11-13H2,1-2H3,(H,27,29)/t16-,20+/m1/s1. The molecule has 1 amide bonds. The van der Waals surface area contributed by atoms with E-state index in [-0.39, 0.29) is 17.9 Å². The van der Waals surface area contributed by atoms with Crippen LogP contribution < -0.4 is 5.32 Å². The van der Waals surface area contributed by atoms with E-state index in [0.29, 0.717) is 29.9 Å². The molecule has 5 rings (SSSR count). The number of aryl methyl sites for hydroxylation is 2. The van der Waals surface area contributed by atoms with Crippen molar-refractivity contribution in [2.75, 3.05) is 13.2 Å². The van der Waals surface area contributed by atoms with Gasteiger partial charge < -0.3 is 14.6 Å². The average Bonchev–Trinajstić information content (AvgIpc) is 3.32. The molecule has 30 heavy (non-hydrogen) atoms. The van der Waals surface area contributed by atoms with Crippen LogP contribution in [0.25, 0.3) is 22.1 Å². The summed E-state index contributed by atoms with van der Waals surface area (Å²) in [6.07, 6.45) is 4.32. The zero-order valence-corrected chi connectivity index (χ0v) is 17.0. The van der Waals surface area contributed by atoms with Gasteiger partial charge in [-0.15, -0.1) is 0 Å². The molecule has 1 N–H and O–H groups in total. The Labute approximate surface area is 174 Å². The van der Waals surface area contributed by atoms with Gasteiger partial charge in [-0.3, -0.25) is 9.78 Å². The molecule has 1 fully saturated rings. The molecule has 4 heterocycles. The summed E-state index contributed by atoms with van der Waals surface area (Å²) in [6.45, 7) is 3.04. The highest BCUT2D eigenvalue weighted by Gasteiger charge is 2.31. The molecule has 1 aliphatic rings. The first kappa shape index (κ1) is 18.7. The Kier molecular flexibility index (Phi) is 4.67. The minimum atomic E-state index is -0.138. The fourth-order valence-corrected chi connectivity index (χ4v) is 4.19. The number of hydrogen-bond donors (Lipinski definition) is 1. The average molecular weight is 401 g/mol. The number of ether oxygens (including phenoxy) is 1. The van der Waals surface area contributed by atoms with Crippen LogP contribution in [-0.2, 0) is 18.2 Å². The summed E-state index contributed by atoms with van der Waals surface area (Å²) in [6, 6.07) is 11.9. The van der Waals surface area contributed by atoms with E-state index >= 15 is 0 Å². The smallest absolute Gasteiger partial charge is 0.253 e. The third-order valence-corrected chi connectivity index (χ3v) is 5.96. The van der Waals surface area contributed by atoms with Crippen molar-refractivity contribution in [2.24, 2.45) is 13.0 Å². The minimum absolute atomic E-state index is 0.0579. The van der Waals surface area contributed by atoms with E-state index in [0.717, 1.165) is 23.1 Å². The predicted molar refractivity (Wildman–Crippen MR) is 114 cm³/mol. The monoisotopic (exact) mass is 401 g/mol. The lowest BCUT2D eigenvalue weighted by atomic mass is 9.93. The van der Waals surface area contributed by atoms with Crippen LogP contribution >= 0.6 is 0 Å². The van der Waals surface area contributed by atoms with Crippen molar-refractivity contribution in [2.45, 2.75) is 19.4 Å². The number of benzene rings is 1. The summed E-state index contributed by atoms with van der Waals surface area (Å²) >= 11 is 0. The van der Waals surface area contributed by atoms with Gasteiger partial charge in [-0.2, -0.15) is 0 Å². The Balaban J connectivity index is 1.38. The summed E-state index contributed by atoms with van der Waals surface area (Å²) in [5.41, 5.74) is 4.10. The molecule has 3 aromatic heterocycles. The topological polar surface area (TPSA) is 81.9 Å². The maximum Gasteiger partial charge on any atom is 0.253 e. The number of carbonyl (C=O) groups excluding carboxylic acids is 1. The lowest BCUT2D eigenvalue weighted by Crippen LogP contribution is -2.40. The van der Waals surface area contributed by atoms with Crippen LogP contribution in [-0.4, -0.2) is 44.7 Å². The lowest BCUT2D eigenvalue weighted by Gasteiger charge is -2.20. The molecule has 0 radical (unpaired) electrons. The van der Waals surface area contributed by atoms with Gasteiger partial charge in [-0.05, 0) is 37.1 Å². The van der Waals surface area contributed by atoms with Gasteiger partial charge in [0.1, 0.15) is 11.3 Å². The van der Waals surface area contributed by atoms with Gasteiger partial charge in [0.15, 0.2) is 5.65 Å². The van der Waals surface area contributed by atoms with Gasteiger partial charge in [-0.1, -0.05) is 18.2 Å². The Morgan fingerprint density at radius 2 is 2.00 bits per heavy atom. The van der Waals surface area contributed by atoms with E-state index < -0.39 is 0 Å². The molecule has 1 aliphatic heterocycles. The number of amides is 1. The predicted octanol–water partition coefficient (Wildman–Crippen LogP) is 2.81. The number of nitrogens with zero attached hydrogens (tertiary/aromatic N) is 4. The molecule has 0 bridgehead atoms. The van der Waals surface area contributed by atoms with Crippen molar-refractivity contribution in [1.29, 1.82) is 0 Å². The zero-order valence-electron chi connectivity index (χ0n) is 17.0. The molecule has 1 aromatic carbocycles. The second-order valence-corrected chi connectivity index (χ2v) is 7.82. The highest BCUT2D eigenvalue weighted by molar-refractivity contribution is 6.04. The number of nitrogens with one attached hydrogen (secondary N) is 1. The molecule has 0 saturated carbocycles. The first-order valence-electron chi connectivity index (χ1n) is 10.1. The van der Waals surface area contributed by atoms with Gasteiger partial charge in [0.25, 0.3) is 5.91 Å². The van der Waals surface area contributed by atoms with E-state index in [4.69, 9.17) is 4.74 Å². The molecule has 0 aliphatic carbocycles. The zero-order chi connectivity index (χ0) is 20.7. The lowest BCUT2D eigenvalue weighted by molar-refractivity contribution is 0.0926. The minimum Gasteiger partial charge on any atom is -0.379 e. The molecule has 2 atom stereocenters. The Bertz CT molecular complexity index is 1240. The van der Waals surface area contributed by atoms with E-state index in [1.54, 1.807) is 12.3 Å². The molecule has 1 saturated heterocycles. The van der Waals surface area contributed by atoms with Gasteiger partial charge in [-0.25, -0.2) is 9.97 Å². The summed E-state index contributed by atoms with van der Waals surface area (Å²) in [7, 11) is 1.90. The van der Waals surface area contributed by atoms with Crippen molar-refractivity contribution in [3.8, 4) is 0 Å². The maximum atomic E-state index is 13.1. The van der Waals surface area contributed by atoms with E-state index in [9.17, 15) is 4.79 Å². The van der Waals surface area contributed by atoms with Crippen LogP contribution in [0.4, 0.5) is 0 Å². The number of fused-ring (bicyclic) bond motifs is 2. The molecule has 7 nitrogen and oxygen atoms in total. The second-order valence-electron chi connectivity index (χ2n) is 7.82. The van der Waals surface area contributed by atoms with Crippen LogP contribution in [0.1, 0.15) is 21.7 Å². The third kappa shape index (κ3) is 3.21. The van der Waals surface area contributed by atoms with E-state index in [1.807, 2.05) is 42.9 Å². The van der Waals surface area contributed by atoms with Crippen molar-refractivity contribution >= 4 is 28.0 Å². The van der Waals surface area contributed by atoms with Crippen LogP contribution in [0.2, 0.25) is 0 Å². The first-order valence-corrected chi connectivity index (χ1v) is 10.1. The summed E-state index contributed by atoms with van der Waals surface area (Å²) < 4.78 is 7.63. The highest BCUT2D eigenvalue weighted by atomic mass is 16.5. The first-order chi connectivity index (χ1) is 14.6. The number of pyridine rings is 2. The van der Waals surface area contributed by atoms with Crippen LogP contribution in [0.15, 0.2) is 48.8 Å². The van der Waals surface area contributed by atoms with Crippen molar-refractivity contribution in [1.82, 2.24) is 24.8 Å². The van der Waals surface area contributed by atoms with Crippen molar-refractivity contribution < 1.29 is 9.53 Å². The number of aromatic nitrogens is 4. The van der Waals surface area contributed by atoms with E-state index in [1.165, 1.54) is 5.56 Å². The number of carbonyl (C=O) groups is 1. The molecule has 152 valence electrons. The number of rotatable bonds is 4. The molecular weight excluding hydrogens is 378 g/mol. The van der Waals surface area contributed by atoms with Crippen molar-refractivity contribution in [3.63, 3.8) is 0 Å². The van der Waals surface area contributed by atoms with Crippen LogP contribution in [0, 0.1) is 12.8 Å². The van der Waals surface area contributed by atoms with Crippen molar-refractivity contribution in [3.05, 3.63) is 65.7 Å². The maximum absolute atomic E-state index is 13.1. The SMILES string of the molecule is Cc1nc2c(C(=O)N[C@H]3COC[C@H]3Cc3ccnc4ccccc34)ccnc2n1C. The largest absolute Gasteiger partial charge is 0.379 e. The number of para-hydroxylation sites is 1. The van der Waals surface area contributed by atoms with Gasteiger partial charge in [0, 0.05) is 30.7 Å². The molecular formula is C23H23N5O2. The molecule has 7 heteroatoms. The molecule has 0 unspecified atom stereocenters. The second kappa shape index (κ2) is 7.50. The third-order valence-electron chi connectivity index (χ3n) is 5.96. The fourth-order valence-electron chi connectivity index (χ4n) is 4.19.